The minimum absolute atomic E-state index is 0.00872. The van der Waals surface area contributed by atoms with Crippen LogP contribution in [0.5, 0.6) is 0 Å². The van der Waals surface area contributed by atoms with Gasteiger partial charge >= 0.3 is 5.97 Å². The zero-order valence-electron chi connectivity index (χ0n) is 32.0. The molecule has 13 nitrogen and oxygen atoms in total. The van der Waals surface area contributed by atoms with E-state index in [0.29, 0.717) is 5.69 Å². The summed E-state index contributed by atoms with van der Waals surface area (Å²) in [6, 6.07) is 30.4. The van der Waals surface area contributed by atoms with Gasteiger partial charge in [0.25, 0.3) is 0 Å². The van der Waals surface area contributed by atoms with Crippen LogP contribution in [0.25, 0.3) is 0 Å². The predicted octanol–water partition coefficient (Wildman–Crippen LogP) is 4.30. The standard InChI is InChI=1S/C43H48N6O7S/c1-30-20-22-36(23-21-30)57(54,55)48(2)37(19-12-25-47-42(44)45)40(52)43(46,39(51)32-15-8-4-9-16-32)34-24-26-49(35-17-10-5-11-18-35)41(53)33(27-34)28-38(50)56-29-31-13-6-3-7-14-31/h3-11,13-18,20-23,27,33,37H,12,19,24-26,28-29,46H2,1-2H3,(H4,44,45,47)/t33?,37-,43?/m0/s1. The molecule has 0 radical (unpaired) electrons. The number of hydrogen-bond acceptors (Lipinski definition) is 9. The second-order valence-corrected chi connectivity index (χ2v) is 15.9. The molecule has 57 heavy (non-hydrogen) atoms. The summed E-state index contributed by atoms with van der Waals surface area (Å²) < 4.78 is 34.8. The van der Waals surface area contributed by atoms with Crippen molar-refractivity contribution in [3.05, 3.63) is 144 Å². The number of carbonyl (C=O) groups is 4. The second-order valence-electron chi connectivity index (χ2n) is 13.9. The van der Waals surface area contributed by atoms with Crippen LogP contribution in [0.3, 0.4) is 0 Å². The molecule has 5 rings (SSSR count). The third-order valence-electron chi connectivity index (χ3n) is 9.95. The summed E-state index contributed by atoms with van der Waals surface area (Å²) in [6.45, 7) is 1.83. The number of amides is 1. The molecule has 298 valence electrons. The van der Waals surface area contributed by atoms with Crippen molar-refractivity contribution < 1.29 is 32.3 Å². The van der Waals surface area contributed by atoms with E-state index in [-0.39, 0.29) is 61.0 Å². The molecule has 0 aromatic heterocycles. The monoisotopic (exact) mass is 792 g/mol. The molecular formula is C43H48N6O7S. The molecule has 4 aromatic carbocycles. The number of ketones is 2. The van der Waals surface area contributed by atoms with E-state index in [9.17, 15) is 22.8 Å². The Morgan fingerprint density at radius 2 is 1.51 bits per heavy atom. The number of aliphatic imine (C=N–C) groups is 1. The van der Waals surface area contributed by atoms with Gasteiger partial charge in [-0.2, -0.15) is 4.31 Å². The summed E-state index contributed by atoms with van der Waals surface area (Å²) in [7, 11) is -3.07. The van der Waals surface area contributed by atoms with Crippen LogP contribution in [-0.2, 0) is 35.8 Å². The number of sulfonamides is 1. The molecule has 0 fully saturated rings. The highest BCUT2D eigenvalue weighted by Crippen LogP contribution is 2.34. The molecule has 0 spiro atoms. The fourth-order valence-corrected chi connectivity index (χ4v) is 8.12. The van der Waals surface area contributed by atoms with Crippen LogP contribution >= 0.6 is 0 Å². The first-order valence-electron chi connectivity index (χ1n) is 18.5. The number of rotatable bonds is 17. The molecule has 0 aliphatic carbocycles. The van der Waals surface area contributed by atoms with Crippen molar-refractivity contribution >= 4 is 45.1 Å². The first-order chi connectivity index (χ1) is 27.2. The van der Waals surface area contributed by atoms with Crippen molar-refractivity contribution in [3.8, 4) is 0 Å². The van der Waals surface area contributed by atoms with Crippen LogP contribution in [0.1, 0.15) is 47.2 Å². The minimum Gasteiger partial charge on any atom is -0.461 e. The fourth-order valence-electron chi connectivity index (χ4n) is 6.77. The average Bonchev–Trinajstić information content (AvgIpc) is 3.38. The lowest BCUT2D eigenvalue weighted by Crippen LogP contribution is -2.63. The Morgan fingerprint density at radius 1 is 0.912 bits per heavy atom. The van der Waals surface area contributed by atoms with E-state index in [1.165, 1.54) is 42.3 Å². The number of Topliss-reactive ketones (excluding diaryl/α,β-unsaturated/α-hetero) is 2. The van der Waals surface area contributed by atoms with Crippen LogP contribution < -0.4 is 22.1 Å². The molecule has 2 unspecified atom stereocenters. The van der Waals surface area contributed by atoms with Crippen LogP contribution in [0.4, 0.5) is 5.69 Å². The Bertz CT molecular complexity index is 2210. The number of hydrogen-bond donors (Lipinski definition) is 3. The van der Waals surface area contributed by atoms with E-state index < -0.39 is 57.4 Å². The molecule has 1 aliphatic heterocycles. The topological polar surface area (TPSA) is 209 Å². The van der Waals surface area contributed by atoms with Gasteiger partial charge in [-0.25, -0.2) is 8.42 Å². The van der Waals surface area contributed by atoms with Crippen molar-refractivity contribution in [2.45, 2.75) is 55.7 Å². The summed E-state index contributed by atoms with van der Waals surface area (Å²) in [4.78, 5) is 63.4. The third-order valence-corrected chi connectivity index (χ3v) is 11.8. The maximum atomic E-state index is 15.3. The lowest BCUT2D eigenvalue weighted by Gasteiger charge is -2.36. The lowest BCUT2D eigenvalue weighted by molar-refractivity contribution is -0.147. The molecule has 1 amide bonds. The van der Waals surface area contributed by atoms with Crippen LogP contribution in [-0.4, -0.2) is 73.8 Å². The van der Waals surface area contributed by atoms with Crippen LogP contribution in [0.2, 0.25) is 0 Å². The summed E-state index contributed by atoms with van der Waals surface area (Å²) in [5, 5.41) is 0. The molecule has 6 N–H and O–H groups in total. The van der Waals surface area contributed by atoms with E-state index in [0.717, 1.165) is 15.4 Å². The normalized spacial score (nSPS) is 16.1. The Labute approximate surface area is 333 Å². The van der Waals surface area contributed by atoms with Crippen molar-refractivity contribution in [1.82, 2.24) is 4.31 Å². The van der Waals surface area contributed by atoms with Gasteiger partial charge in [-0.05, 0) is 61.6 Å². The van der Waals surface area contributed by atoms with Gasteiger partial charge in [0.15, 0.2) is 23.1 Å². The molecule has 1 heterocycles. The molecule has 1 aliphatic rings. The Balaban J connectivity index is 1.62. The molecular weight excluding hydrogens is 745 g/mol. The highest BCUT2D eigenvalue weighted by Gasteiger charge is 2.51. The van der Waals surface area contributed by atoms with E-state index >= 15 is 4.79 Å². The summed E-state index contributed by atoms with van der Waals surface area (Å²) in [5.41, 5.74) is 18.1. The number of nitrogens with zero attached hydrogens (tertiary/aromatic N) is 3. The summed E-state index contributed by atoms with van der Waals surface area (Å²) in [6.07, 6.45) is 0.958. The number of anilines is 1. The minimum atomic E-state index is -4.33. The van der Waals surface area contributed by atoms with Gasteiger partial charge in [0.05, 0.1) is 23.3 Å². The van der Waals surface area contributed by atoms with Crippen molar-refractivity contribution in [2.24, 2.45) is 28.1 Å². The van der Waals surface area contributed by atoms with Crippen LogP contribution in [0.15, 0.2) is 137 Å². The van der Waals surface area contributed by atoms with Gasteiger partial charge in [-0.3, -0.25) is 24.2 Å². The zero-order chi connectivity index (χ0) is 41.2. The molecule has 4 aromatic rings. The van der Waals surface area contributed by atoms with Crippen LogP contribution in [0, 0.1) is 12.8 Å². The number of benzene rings is 4. The average molecular weight is 793 g/mol. The number of ether oxygens (including phenoxy) is 1. The van der Waals surface area contributed by atoms with E-state index in [1.54, 1.807) is 72.8 Å². The first kappa shape index (κ1) is 42.2. The number of esters is 1. The molecule has 14 heteroatoms. The van der Waals surface area contributed by atoms with Crippen molar-refractivity contribution in [3.63, 3.8) is 0 Å². The molecule has 0 saturated carbocycles. The summed E-state index contributed by atoms with van der Waals surface area (Å²) >= 11 is 0. The highest BCUT2D eigenvalue weighted by molar-refractivity contribution is 7.89. The second kappa shape index (κ2) is 18.8. The lowest BCUT2D eigenvalue weighted by atomic mass is 9.74. The van der Waals surface area contributed by atoms with Crippen molar-refractivity contribution in [2.75, 3.05) is 25.0 Å². The summed E-state index contributed by atoms with van der Waals surface area (Å²) in [5.74, 6) is -4.28. The fraction of sp³-hybridized carbons (Fsp3) is 0.279. The zero-order valence-corrected chi connectivity index (χ0v) is 32.8. The number of guanidine groups is 1. The number of likely N-dealkylation sites (N-methyl/N-ethyl adjacent to an activating group) is 1. The Morgan fingerprint density at radius 3 is 2.12 bits per heavy atom. The van der Waals surface area contributed by atoms with Crippen molar-refractivity contribution in [1.29, 1.82) is 0 Å². The molecule has 0 bridgehead atoms. The predicted molar refractivity (Wildman–Crippen MR) is 218 cm³/mol. The first-order valence-corrected chi connectivity index (χ1v) is 20.0. The number of carbonyl (C=O) groups excluding carboxylic acids is 4. The maximum Gasteiger partial charge on any atom is 0.307 e. The Kier molecular flexibility index (Phi) is 13.9. The van der Waals surface area contributed by atoms with Gasteiger partial charge in [0.1, 0.15) is 6.61 Å². The maximum absolute atomic E-state index is 15.3. The van der Waals surface area contributed by atoms with E-state index in [4.69, 9.17) is 21.9 Å². The highest BCUT2D eigenvalue weighted by atomic mass is 32.2. The van der Waals surface area contributed by atoms with Gasteiger partial charge in [0, 0.05) is 31.4 Å². The smallest absolute Gasteiger partial charge is 0.307 e. The number of nitrogens with two attached hydrogens (primary N) is 3. The quantitative estimate of drug-likeness (QED) is 0.0263. The third kappa shape index (κ3) is 10.1. The molecule has 0 saturated heterocycles. The largest absolute Gasteiger partial charge is 0.461 e. The van der Waals surface area contributed by atoms with Gasteiger partial charge < -0.3 is 26.8 Å². The van der Waals surface area contributed by atoms with Gasteiger partial charge in [0.2, 0.25) is 15.9 Å². The Hall–Kier alpha value is -5.96. The molecule has 3 atom stereocenters. The number of aryl methyl sites for hydroxylation is 1. The SMILES string of the molecule is Cc1ccc(S(=O)(=O)N(C)[C@@H](CCCN=C(N)N)C(=O)C(N)(C(=O)c2ccccc2)C2=CC(CC(=O)OCc3ccccc3)C(=O)N(c3ccccc3)CC2)cc1. The van der Waals surface area contributed by atoms with E-state index in [2.05, 4.69) is 4.99 Å². The van der Waals surface area contributed by atoms with Gasteiger partial charge in [-0.1, -0.05) is 103 Å². The number of para-hydroxylation sites is 1. The van der Waals surface area contributed by atoms with Gasteiger partial charge in [-0.15, -0.1) is 0 Å². The van der Waals surface area contributed by atoms with E-state index in [1.807, 2.05) is 25.1 Å².